The van der Waals surface area contributed by atoms with Gasteiger partial charge in [-0.2, -0.15) is 5.10 Å². The second-order valence-corrected chi connectivity index (χ2v) is 4.79. The number of halogens is 3. The molecule has 0 radical (unpaired) electrons. The molecule has 7 heteroatoms. The van der Waals surface area contributed by atoms with E-state index < -0.39 is 11.8 Å². The number of rotatable bonds is 2. The zero-order valence-corrected chi connectivity index (χ0v) is 11.5. The molecule has 2 aromatic rings. The lowest BCUT2D eigenvalue weighted by Gasteiger charge is -2.00. The maximum absolute atomic E-state index is 13.7. The molecule has 0 bridgehead atoms. The van der Waals surface area contributed by atoms with E-state index in [1.54, 1.807) is 0 Å². The zero-order chi connectivity index (χ0) is 13.4. The van der Waals surface area contributed by atoms with Crippen LogP contribution in [0.2, 0.25) is 5.02 Å². The molecule has 1 aromatic carbocycles. The van der Waals surface area contributed by atoms with Crippen LogP contribution in [-0.2, 0) is 7.05 Å². The molecule has 2 rings (SSSR count). The van der Waals surface area contributed by atoms with E-state index in [1.807, 2.05) is 0 Å². The molecule has 0 saturated carbocycles. The number of carboxylic acid groups (broad SMARTS) is 1. The highest BCUT2D eigenvalue weighted by Crippen LogP contribution is 2.33. The van der Waals surface area contributed by atoms with Gasteiger partial charge in [0.1, 0.15) is 11.5 Å². The van der Waals surface area contributed by atoms with Crippen LogP contribution >= 0.6 is 27.5 Å². The van der Waals surface area contributed by atoms with Gasteiger partial charge in [0.15, 0.2) is 5.69 Å². The Bertz CT molecular complexity index is 642. The fourth-order valence-corrected chi connectivity index (χ4v) is 2.47. The minimum absolute atomic E-state index is 0.0515. The summed E-state index contributed by atoms with van der Waals surface area (Å²) < 4.78 is 15.1. The van der Waals surface area contributed by atoms with Gasteiger partial charge in [-0.15, -0.1) is 0 Å². The number of aromatic nitrogens is 2. The number of hydrogen-bond acceptors (Lipinski definition) is 2. The third-order valence-electron chi connectivity index (χ3n) is 2.38. The lowest BCUT2D eigenvalue weighted by atomic mass is 10.1. The van der Waals surface area contributed by atoms with Gasteiger partial charge in [-0.05, 0) is 34.1 Å². The molecule has 0 fully saturated rings. The summed E-state index contributed by atoms with van der Waals surface area (Å²) in [7, 11) is 1.47. The maximum atomic E-state index is 13.7. The number of carboxylic acids is 1. The molecule has 0 aliphatic rings. The van der Waals surface area contributed by atoms with Crippen molar-refractivity contribution in [2.24, 2.45) is 7.05 Å². The Balaban J connectivity index is 2.69. The van der Waals surface area contributed by atoms with E-state index in [9.17, 15) is 9.18 Å². The lowest BCUT2D eigenvalue weighted by Crippen LogP contribution is -2.05. The zero-order valence-electron chi connectivity index (χ0n) is 9.12. The average Bonchev–Trinajstić information content (AvgIpc) is 2.57. The van der Waals surface area contributed by atoms with Gasteiger partial charge in [0.2, 0.25) is 0 Å². The molecule has 0 unspecified atom stereocenters. The van der Waals surface area contributed by atoms with Crippen LogP contribution in [0.1, 0.15) is 10.5 Å². The van der Waals surface area contributed by atoms with Crippen molar-refractivity contribution in [1.29, 1.82) is 0 Å². The topological polar surface area (TPSA) is 55.1 Å². The number of hydrogen-bond donors (Lipinski definition) is 1. The second-order valence-electron chi connectivity index (χ2n) is 3.56. The molecule has 1 aromatic heterocycles. The Hall–Kier alpha value is -1.40. The summed E-state index contributed by atoms with van der Waals surface area (Å²) in [6, 6.07) is 4.02. The van der Waals surface area contributed by atoms with Crippen LogP contribution in [0.15, 0.2) is 22.7 Å². The summed E-state index contributed by atoms with van der Waals surface area (Å²) in [5, 5.41) is 13.4. The predicted molar refractivity (Wildman–Crippen MR) is 68.3 cm³/mol. The first kappa shape index (κ1) is 13.0. The van der Waals surface area contributed by atoms with Crippen molar-refractivity contribution in [3.05, 3.63) is 39.2 Å². The fourth-order valence-electron chi connectivity index (χ4n) is 1.58. The molecule has 0 atom stereocenters. The summed E-state index contributed by atoms with van der Waals surface area (Å²) in [5.41, 5.74) is 0.303. The molecule has 1 heterocycles. The van der Waals surface area contributed by atoms with E-state index in [4.69, 9.17) is 16.7 Å². The number of benzene rings is 1. The standard InChI is InChI=1S/C11H7BrClFN2O2/c1-16-10(11(17)18)8(12)9(15-16)6-4-5(13)2-3-7(6)14/h2-4H,1H3,(H,17,18). The smallest absolute Gasteiger partial charge is 0.355 e. The van der Waals surface area contributed by atoms with Crippen LogP contribution in [0, 0.1) is 5.82 Å². The van der Waals surface area contributed by atoms with Gasteiger partial charge in [0.05, 0.1) is 4.47 Å². The van der Waals surface area contributed by atoms with E-state index in [0.717, 1.165) is 0 Å². The molecule has 18 heavy (non-hydrogen) atoms. The summed E-state index contributed by atoms with van der Waals surface area (Å²) >= 11 is 8.92. The van der Waals surface area contributed by atoms with Crippen LogP contribution in [0.25, 0.3) is 11.3 Å². The summed E-state index contributed by atoms with van der Waals surface area (Å²) in [6.07, 6.45) is 0. The summed E-state index contributed by atoms with van der Waals surface area (Å²) in [5.74, 6) is -1.67. The van der Waals surface area contributed by atoms with Crippen molar-refractivity contribution in [3.63, 3.8) is 0 Å². The van der Waals surface area contributed by atoms with Gasteiger partial charge in [-0.25, -0.2) is 9.18 Å². The summed E-state index contributed by atoms with van der Waals surface area (Å²) in [6.45, 7) is 0. The fraction of sp³-hybridized carbons (Fsp3) is 0.0909. The van der Waals surface area contributed by atoms with E-state index in [2.05, 4.69) is 21.0 Å². The molecule has 1 N–H and O–H groups in total. The van der Waals surface area contributed by atoms with E-state index in [-0.39, 0.29) is 21.4 Å². The Kier molecular flexibility index (Phi) is 3.41. The molecule has 0 saturated heterocycles. The van der Waals surface area contributed by atoms with Crippen molar-refractivity contribution < 1.29 is 14.3 Å². The van der Waals surface area contributed by atoms with Crippen molar-refractivity contribution in [2.45, 2.75) is 0 Å². The van der Waals surface area contributed by atoms with Gasteiger partial charge >= 0.3 is 5.97 Å². The molecular formula is C11H7BrClFN2O2. The molecule has 94 valence electrons. The van der Waals surface area contributed by atoms with Gasteiger partial charge < -0.3 is 5.11 Å². The molecule has 4 nitrogen and oxygen atoms in total. The minimum atomic E-state index is -1.15. The first-order valence-electron chi connectivity index (χ1n) is 4.83. The first-order chi connectivity index (χ1) is 8.41. The Morgan fingerprint density at radius 2 is 2.22 bits per heavy atom. The third kappa shape index (κ3) is 2.13. The summed E-state index contributed by atoms with van der Waals surface area (Å²) in [4.78, 5) is 11.0. The Labute approximate surface area is 115 Å². The lowest BCUT2D eigenvalue weighted by molar-refractivity contribution is 0.0684. The molecule has 0 aliphatic carbocycles. The van der Waals surface area contributed by atoms with Gasteiger partial charge in [-0.3, -0.25) is 4.68 Å². The van der Waals surface area contributed by atoms with Crippen LogP contribution in [0.5, 0.6) is 0 Å². The maximum Gasteiger partial charge on any atom is 0.355 e. The van der Waals surface area contributed by atoms with E-state index in [1.165, 1.54) is 29.9 Å². The molecular weight excluding hydrogens is 326 g/mol. The first-order valence-corrected chi connectivity index (χ1v) is 6.00. The average molecular weight is 334 g/mol. The van der Waals surface area contributed by atoms with Crippen LogP contribution in [0.4, 0.5) is 4.39 Å². The van der Waals surface area contributed by atoms with Crippen molar-refractivity contribution in [3.8, 4) is 11.3 Å². The van der Waals surface area contributed by atoms with Gasteiger partial charge in [0.25, 0.3) is 0 Å². The third-order valence-corrected chi connectivity index (χ3v) is 3.36. The normalized spacial score (nSPS) is 10.7. The van der Waals surface area contributed by atoms with Crippen molar-refractivity contribution in [2.75, 3.05) is 0 Å². The highest BCUT2D eigenvalue weighted by molar-refractivity contribution is 9.10. The highest BCUT2D eigenvalue weighted by atomic mass is 79.9. The van der Waals surface area contributed by atoms with Crippen LogP contribution < -0.4 is 0 Å². The largest absolute Gasteiger partial charge is 0.476 e. The minimum Gasteiger partial charge on any atom is -0.476 e. The van der Waals surface area contributed by atoms with Gasteiger partial charge in [0, 0.05) is 17.6 Å². The van der Waals surface area contributed by atoms with Crippen molar-refractivity contribution in [1.82, 2.24) is 9.78 Å². The predicted octanol–water partition coefficient (Wildman–Crippen LogP) is 3.34. The van der Waals surface area contributed by atoms with Crippen molar-refractivity contribution >= 4 is 33.5 Å². The SMILES string of the molecule is Cn1nc(-c2cc(Cl)ccc2F)c(Br)c1C(=O)O. The van der Waals surface area contributed by atoms with Gasteiger partial charge in [-0.1, -0.05) is 11.6 Å². The number of aryl methyl sites for hydroxylation is 1. The Morgan fingerprint density at radius 3 is 2.78 bits per heavy atom. The van der Waals surface area contributed by atoms with Crippen LogP contribution in [-0.4, -0.2) is 20.9 Å². The Morgan fingerprint density at radius 1 is 1.56 bits per heavy atom. The molecule has 0 spiro atoms. The monoisotopic (exact) mass is 332 g/mol. The number of nitrogens with zero attached hydrogens (tertiary/aromatic N) is 2. The van der Waals surface area contributed by atoms with Crippen LogP contribution in [0.3, 0.4) is 0 Å². The molecule has 0 aliphatic heterocycles. The number of aromatic carboxylic acids is 1. The highest BCUT2D eigenvalue weighted by Gasteiger charge is 2.22. The van der Waals surface area contributed by atoms with E-state index in [0.29, 0.717) is 5.02 Å². The van der Waals surface area contributed by atoms with E-state index >= 15 is 0 Å². The molecule has 0 amide bonds. The second kappa shape index (κ2) is 4.70. The number of carbonyl (C=O) groups is 1. The quantitative estimate of drug-likeness (QED) is 0.917.